The number of H-pyrrole nitrogens is 1. The van der Waals surface area contributed by atoms with E-state index in [0.717, 1.165) is 22.0 Å². The third-order valence-corrected chi connectivity index (χ3v) is 3.22. The molecule has 0 unspecified atom stereocenters. The first kappa shape index (κ1) is 12.7. The van der Waals surface area contributed by atoms with Crippen LogP contribution in [0.5, 0.6) is 0 Å². The van der Waals surface area contributed by atoms with Crippen LogP contribution in [-0.4, -0.2) is 21.6 Å². The summed E-state index contributed by atoms with van der Waals surface area (Å²) in [7, 11) is 0. The van der Waals surface area contributed by atoms with Gasteiger partial charge in [0.2, 0.25) is 5.91 Å². The van der Waals surface area contributed by atoms with Crippen LogP contribution in [0.3, 0.4) is 0 Å². The van der Waals surface area contributed by atoms with Crippen molar-refractivity contribution < 1.29 is 4.79 Å². The van der Waals surface area contributed by atoms with Gasteiger partial charge in [-0.05, 0) is 37.1 Å². The lowest BCUT2D eigenvalue weighted by atomic mass is 10.1. The van der Waals surface area contributed by atoms with Crippen molar-refractivity contribution in [1.82, 2.24) is 9.97 Å². The number of aromatic amines is 1. The Morgan fingerprint density at radius 2 is 2.06 bits per heavy atom. The van der Waals surface area contributed by atoms with Crippen molar-refractivity contribution in [3.63, 3.8) is 0 Å². The first-order valence-corrected chi connectivity index (χ1v) is 6.62. The maximum absolute atomic E-state index is 11.8. The third-order valence-electron chi connectivity index (χ3n) is 2.32. The maximum Gasteiger partial charge on any atom is 0.234 e. The molecule has 2 aromatic rings. The first-order valence-electron chi connectivity index (χ1n) is 5.64. The second kappa shape index (κ2) is 5.73. The lowest BCUT2D eigenvalue weighted by Crippen LogP contribution is -2.14. The van der Waals surface area contributed by atoms with Gasteiger partial charge in [0.25, 0.3) is 0 Å². The van der Waals surface area contributed by atoms with E-state index in [4.69, 9.17) is 0 Å². The zero-order chi connectivity index (χ0) is 13.0. The molecule has 0 aliphatic heterocycles. The van der Waals surface area contributed by atoms with Gasteiger partial charge in [0.05, 0.1) is 5.75 Å². The summed E-state index contributed by atoms with van der Waals surface area (Å²) in [5, 5.41) is 3.64. The number of aryl methyl sites for hydroxylation is 2. The highest BCUT2D eigenvalue weighted by Crippen LogP contribution is 2.15. The summed E-state index contributed by atoms with van der Waals surface area (Å²) in [6.07, 6.45) is 3.41. The van der Waals surface area contributed by atoms with Crippen LogP contribution < -0.4 is 5.32 Å². The lowest BCUT2D eigenvalue weighted by molar-refractivity contribution is -0.113. The molecule has 1 aromatic carbocycles. The molecule has 1 aromatic heterocycles. The Morgan fingerprint density at radius 1 is 1.33 bits per heavy atom. The number of imidazole rings is 1. The van der Waals surface area contributed by atoms with Gasteiger partial charge in [0.1, 0.15) is 0 Å². The standard InChI is InChI=1S/C13H15N3OS/c1-9-5-10(2)7-11(6-9)16-12(17)8-18-13-14-3-4-15-13/h3-7H,8H2,1-2H3,(H,14,15)(H,16,17). The SMILES string of the molecule is Cc1cc(C)cc(NC(=O)CSc2ncc[nH]2)c1. The first-order chi connectivity index (χ1) is 8.63. The highest BCUT2D eigenvalue weighted by molar-refractivity contribution is 7.99. The molecule has 0 aliphatic carbocycles. The number of hydrogen-bond donors (Lipinski definition) is 2. The normalized spacial score (nSPS) is 10.3. The molecule has 0 saturated heterocycles. The largest absolute Gasteiger partial charge is 0.340 e. The second-order valence-corrected chi connectivity index (χ2v) is 5.07. The van der Waals surface area contributed by atoms with Gasteiger partial charge in [-0.1, -0.05) is 17.8 Å². The molecular formula is C13H15N3OS. The molecular weight excluding hydrogens is 246 g/mol. The molecule has 1 heterocycles. The quantitative estimate of drug-likeness (QED) is 0.832. The summed E-state index contributed by atoms with van der Waals surface area (Å²) in [4.78, 5) is 18.8. The van der Waals surface area contributed by atoms with Crippen LogP contribution in [-0.2, 0) is 4.79 Å². The van der Waals surface area contributed by atoms with E-state index >= 15 is 0 Å². The molecule has 0 aliphatic rings. The molecule has 0 spiro atoms. The topological polar surface area (TPSA) is 57.8 Å². The Hall–Kier alpha value is -1.75. The minimum absolute atomic E-state index is 0.0265. The van der Waals surface area contributed by atoms with Gasteiger partial charge in [-0.2, -0.15) is 0 Å². The van der Waals surface area contributed by atoms with E-state index in [1.807, 2.05) is 26.0 Å². The second-order valence-electron chi connectivity index (χ2n) is 4.11. The Balaban J connectivity index is 1.90. The molecule has 0 atom stereocenters. The number of hydrogen-bond acceptors (Lipinski definition) is 3. The van der Waals surface area contributed by atoms with Crippen molar-refractivity contribution in [1.29, 1.82) is 0 Å². The zero-order valence-electron chi connectivity index (χ0n) is 10.4. The fourth-order valence-corrected chi connectivity index (χ4v) is 2.33. The lowest BCUT2D eigenvalue weighted by Gasteiger charge is -2.06. The minimum Gasteiger partial charge on any atom is -0.340 e. The number of nitrogens with one attached hydrogen (secondary N) is 2. The number of rotatable bonds is 4. The van der Waals surface area contributed by atoms with Crippen molar-refractivity contribution >= 4 is 23.4 Å². The monoisotopic (exact) mass is 261 g/mol. The van der Waals surface area contributed by atoms with Gasteiger partial charge in [-0.25, -0.2) is 4.98 Å². The number of benzene rings is 1. The number of anilines is 1. The minimum atomic E-state index is -0.0265. The van der Waals surface area contributed by atoms with Crippen molar-refractivity contribution in [2.45, 2.75) is 19.0 Å². The van der Waals surface area contributed by atoms with Gasteiger partial charge >= 0.3 is 0 Å². The van der Waals surface area contributed by atoms with E-state index in [1.54, 1.807) is 12.4 Å². The van der Waals surface area contributed by atoms with Crippen LogP contribution in [0.4, 0.5) is 5.69 Å². The van der Waals surface area contributed by atoms with E-state index in [-0.39, 0.29) is 5.91 Å². The number of carbonyl (C=O) groups is 1. The Kier molecular flexibility index (Phi) is 4.04. The zero-order valence-corrected chi connectivity index (χ0v) is 11.2. The summed E-state index contributed by atoms with van der Waals surface area (Å²) in [6.45, 7) is 4.03. The van der Waals surface area contributed by atoms with Gasteiger partial charge in [0.15, 0.2) is 5.16 Å². The van der Waals surface area contributed by atoms with Crippen LogP contribution in [0.25, 0.3) is 0 Å². The van der Waals surface area contributed by atoms with Crippen molar-refractivity contribution in [3.05, 3.63) is 41.7 Å². The van der Waals surface area contributed by atoms with Crippen molar-refractivity contribution in [3.8, 4) is 0 Å². The predicted molar refractivity (Wildman–Crippen MR) is 73.9 cm³/mol. The Bertz CT molecular complexity index is 517. The fourth-order valence-electron chi connectivity index (χ4n) is 1.71. The van der Waals surface area contributed by atoms with Gasteiger partial charge in [-0.3, -0.25) is 4.79 Å². The highest BCUT2D eigenvalue weighted by atomic mass is 32.2. The molecule has 1 amide bonds. The van der Waals surface area contributed by atoms with E-state index in [2.05, 4.69) is 21.4 Å². The number of nitrogens with zero attached hydrogens (tertiary/aromatic N) is 1. The summed E-state index contributed by atoms with van der Waals surface area (Å²) in [5.41, 5.74) is 3.13. The number of aromatic nitrogens is 2. The van der Waals surface area contributed by atoms with Gasteiger partial charge < -0.3 is 10.3 Å². The van der Waals surface area contributed by atoms with Gasteiger partial charge in [-0.15, -0.1) is 0 Å². The number of amides is 1. The van der Waals surface area contributed by atoms with Crippen molar-refractivity contribution in [2.24, 2.45) is 0 Å². The maximum atomic E-state index is 11.8. The smallest absolute Gasteiger partial charge is 0.234 e. The summed E-state index contributed by atoms with van der Waals surface area (Å²) in [5.74, 6) is 0.321. The van der Waals surface area contributed by atoms with Crippen LogP contribution in [0.1, 0.15) is 11.1 Å². The van der Waals surface area contributed by atoms with Crippen LogP contribution >= 0.6 is 11.8 Å². The van der Waals surface area contributed by atoms with E-state index < -0.39 is 0 Å². The number of carbonyl (C=O) groups excluding carboxylic acids is 1. The van der Waals surface area contributed by atoms with Crippen LogP contribution in [0, 0.1) is 13.8 Å². The van der Waals surface area contributed by atoms with Gasteiger partial charge in [0, 0.05) is 18.1 Å². The Morgan fingerprint density at radius 3 is 2.67 bits per heavy atom. The molecule has 2 rings (SSSR count). The highest BCUT2D eigenvalue weighted by Gasteiger charge is 2.05. The molecule has 0 fully saturated rings. The molecule has 0 radical (unpaired) electrons. The summed E-state index contributed by atoms with van der Waals surface area (Å²) < 4.78 is 0. The van der Waals surface area contributed by atoms with E-state index in [0.29, 0.717) is 5.75 Å². The van der Waals surface area contributed by atoms with E-state index in [9.17, 15) is 4.79 Å². The molecule has 5 heteroatoms. The molecule has 94 valence electrons. The van der Waals surface area contributed by atoms with E-state index in [1.165, 1.54) is 11.8 Å². The van der Waals surface area contributed by atoms with Crippen LogP contribution in [0.15, 0.2) is 35.7 Å². The molecule has 18 heavy (non-hydrogen) atoms. The molecule has 4 nitrogen and oxygen atoms in total. The third kappa shape index (κ3) is 3.63. The molecule has 0 saturated carbocycles. The Labute approximate surface area is 110 Å². The van der Waals surface area contributed by atoms with Crippen LogP contribution in [0.2, 0.25) is 0 Å². The van der Waals surface area contributed by atoms with Crippen molar-refractivity contribution in [2.75, 3.05) is 11.1 Å². The average molecular weight is 261 g/mol. The predicted octanol–water partition coefficient (Wildman–Crippen LogP) is 2.76. The molecule has 2 N–H and O–H groups in total. The fraction of sp³-hybridized carbons (Fsp3) is 0.231. The summed E-state index contributed by atoms with van der Waals surface area (Å²) in [6, 6.07) is 6.00. The number of thioether (sulfide) groups is 1. The molecule has 0 bridgehead atoms. The average Bonchev–Trinajstić information content (AvgIpc) is 2.77. The summed E-state index contributed by atoms with van der Waals surface area (Å²) >= 11 is 1.38.